The number of ether oxygens (including phenoxy) is 2. The first kappa shape index (κ1) is 18.3. The smallest absolute Gasteiger partial charge is 0.254 e. The summed E-state index contributed by atoms with van der Waals surface area (Å²) < 4.78 is 37.5. The number of benzene rings is 1. The maximum absolute atomic E-state index is 12.8. The predicted molar refractivity (Wildman–Crippen MR) is 91.9 cm³/mol. The first-order chi connectivity index (χ1) is 12.0. The Balaban J connectivity index is 1.75. The van der Waals surface area contributed by atoms with Crippen molar-refractivity contribution in [2.24, 2.45) is 5.92 Å². The van der Waals surface area contributed by atoms with Gasteiger partial charge in [0.2, 0.25) is 10.0 Å². The van der Waals surface area contributed by atoms with Gasteiger partial charge in [-0.3, -0.25) is 4.79 Å². The standard InChI is InChI=1S/C17H24N2O5S/c1-18(12-14-5-8-24-13-14)25(21,22)16-4-2-3-15(11-16)17(20)19-6-9-23-10-7-19/h2-4,11,14H,5-10,12-13H2,1H3/t14-/m1/s1. The Morgan fingerprint density at radius 3 is 2.68 bits per heavy atom. The molecule has 0 radical (unpaired) electrons. The number of hydrogen-bond donors (Lipinski definition) is 0. The lowest BCUT2D eigenvalue weighted by Crippen LogP contribution is -2.40. The minimum atomic E-state index is -3.63. The van der Waals surface area contributed by atoms with E-state index in [1.807, 2.05) is 0 Å². The number of carbonyl (C=O) groups excluding carboxylic acids is 1. The van der Waals surface area contributed by atoms with Crippen molar-refractivity contribution in [2.45, 2.75) is 11.3 Å². The van der Waals surface area contributed by atoms with Gasteiger partial charge in [0, 0.05) is 38.9 Å². The highest BCUT2D eigenvalue weighted by molar-refractivity contribution is 7.89. The summed E-state index contributed by atoms with van der Waals surface area (Å²) in [6.07, 6.45) is 0.870. The summed E-state index contributed by atoms with van der Waals surface area (Å²) in [5.41, 5.74) is 0.389. The predicted octanol–water partition coefficient (Wildman–Crippen LogP) is 0.816. The molecule has 8 heteroatoms. The van der Waals surface area contributed by atoms with E-state index in [1.54, 1.807) is 24.1 Å². The molecule has 7 nitrogen and oxygen atoms in total. The molecule has 1 atom stereocenters. The van der Waals surface area contributed by atoms with E-state index in [0.717, 1.165) is 6.42 Å². The number of hydrogen-bond acceptors (Lipinski definition) is 5. The molecule has 1 aromatic carbocycles. The van der Waals surface area contributed by atoms with Crippen LogP contribution in [0.25, 0.3) is 0 Å². The molecular weight excluding hydrogens is 344 g/mol. The largest absolute Gasteiger partial charge is 0.381 e. The Kier molecular flexibility index (Phi) is 5.73. The Hall–Kier alpha value is -1.48. The highest BCUT2D eigenvalue weighted by atomic mass is 32.2. The molecule has 0 unspecified atom stereocenters. The third-order valence-corrected chi connectivity index (χ3v) is 6.45. The van der Waals surface area contributed by atoms with E-state index in [9.17, 15) is 13.2 Å². The topological polar surface area (TPSA) is 76.2 Å². The average Bonchev–Trinajstić information content (AvgIpc) is 3.15. The second-order valence-corrected chi connectivity index (χ2v) is 8.49. The average molecular weight is 368 g/mol. The summed E-state index contributed by atoms with van der Waals surface area (Å²) in [6, 6.07) is 6.27. The van der Waals surface area contributed by atoms with Crippen molar-refractivity contribution in [2.75, 3.05) is 53.1 Å². The van der Waals surface area contributed by atoms with Crippen molar-refractivity contribution < 1.29 is 22.7 Å². The molecule has 1 amide bonds. The van der Waals surface area contributed by atoms with Crippen molar-refractivity contribution in [3.05, 3.63) is 29.8 Å². The highest BCUT2D eigenvalue weighted by Gasteiger charge is 2.27. The van der Waals surface area contributed by atoms with Gasteiger partial charge < -0.3 is 14.4 Å². The van der Waals surface area contributed by atoms with Crippen LogP contribution in [0.1, 0.15) is 16.8 Å². The van der Waals surface area contributed by atoms with Crippen LogP contribution in [-0.2, 0) is 19.5 Å². The van der Waals surface area contributed by atoms with E-state index < -0.39 is 10.0 Å². The number of nitrogens with zero attached hydrogens (tertiary/aromatic N) is 2. The number of carbonyl (C=O) groups is 1. The van der Waals surface area contributed by atoms with Gasteiger partial charge in [-0.25, -0.2) is 12.7 Å². The molecular formula is C17H24N2O5S. The van der Waals surface area contributed by atoms with Gasteiger partial charge in [-0.1, -0.05) is 6.07 Å². The number of rotatable bonds is 5. The van der Waals surface area contributed by atoms with Crippen molar-refractivity contribution in [1.29, 1.82) is 0 Å². The fourth-order valence-corrected chi connectivity index (χ4v) is 4.40. The Morgan fingerprint density at radius 1 is 1.24 bits per heavy atom. The van der Waals surface area contributed by atoms with Crippen LogP contribution in [0.5, 0.6) is 0 Å². The summed E-state index contributed by atoms with van der Waals surface area (Å²) >= 11 is 0. The second-order valence-electron chi connectivity index (χ2n) is 6.45. The molecule has 25 heavy (non-hydrogen) atoms. The maximum Gasteiger partial charge on any atom is 0.254 e. The molecule has 0 N–H and O–H groups in total. The molecule has 1 aromatic rings. The zero-order chi connectivity index (χ0) is 17.9. The zero-order valence-corrected chi connectivity index (χ0v) is 15.2. The van der Waals surface area contributed by atoms with Crippen LogP contribution < -0.4 is 0 Å². The first-order valence-electron chi connectivity index (χ1n) is 8.49. The number of morpholine rings is 1. The lowest BCUT2D eigenvalue weighted by molar-refractivity contribution is 0.0302. The van der Waals surface area contributed by atoms with E-state index in [-0.39, 0.29) is 16.7 Å². The van der Waals surface area contributed by atoms with Gasteiger partial charge in [-0.2, -0.15) is 0 Å². The van der Waals surface area contributed by atoms with Gasteiger partial charge in [-0.05, 0) is 30.5 Å². The van der Waals surface area contributed by atoms with Crippen LogP contribution in [0.4, 0.5) is 0 Å². The molecule has 2 aliphatic heterocycles. The van der Waals surface area contributed by atoms with Crippen LogP contribution in [0.15, 0.2) is 29.2 Å². The fourth-order valence-electron chi connectivity index (χ4n) is 3.11. The van der Waals surface area contributed by atoms with E-state index >= 15 is 0 Å². The maximum atomic E-state index is 12.8. The molecule has 0 bridgehead atoms. The molecule has 2 saturated heterocycles. The number of amides is 1. The van der Waals surface area contributed by atoms with Crippen LogP contribution in [0.2, 0.25) is 0 Å². The third kappa shape index (κ3) is 4.20. The monoisotopic (exact) mass is 368 g/mol. The van der Waals surface area contributed by atoms with E-state index in [1.165, 1.54) is 16.4 Å². The van der Waals surface area contributed by atoms with Gasteiger partial charge >= 0.3 is 0 Å². The highest BCUT2D eigenvalue weighted by Crippen LogP contribution is 2.21. The van der Waals surface area contributed by atoms with Crippen LogP contribution >= 0.6 is 0 Å². The fraction of sp³-hybridized carbons (Fsp3) is 0.588. The van der Waals surface area contributed by atoms with Crippen LogP contribution in [-0.4, -0.2) is 76.6 Å². The Labute approximate surface area is 148 Å². The SMILES string of the molecule is CN(C[C@H]1CCOC1)S(=O)(=O)c1cccc(C(=O)N2CCOCC2)c1. The molecule has 138 valence electrons. The van der Waals surface area contributed by atoms with Crippen LogP contribution in [0, 0.1) is 5.92 Å². The zero-order valence-electron chi connectivity index (χ0n) is 14.4. The molecule has 0 aliphatic carbocycles. The summed E-state index contributed by atoms with van der Waals surface area (Å²) in [6.45, 7) is 3.77. The van der Waals surface area contributed by atoms with Crippen molar-refractivity contribution >= 4 is 15.9 Å². The molecule has 2 heterocycles. The van der Waals surface area contributed by atoms with Gasteiger partial charge in [-0.15, -0.1) is 0 Å². The van der Waals surface area contributed by atoms with E-state index in [0.29, 0.717) is 51.6 Å². The Bertz CT molecular complexity index is 710. The Morgan fingerprint density at radius 2 is 2.00 bits per heavy atom. The van der Waals surface area contributed by atoms with E-state index in [2.05, 4.69) is 0 Å². The summed E-state index contributed by atoms with van der Waals surface area (Å²) in [5.74, 6) is 0.0603. The lowest BCUT2D eigenvalue weighted by Gasteiger charge is -2.27. The van der Waals surface area contributed by atoms with Crippen molar-refractivity contribution in [3.63, 3.8) is 0 Å². The van der Waals surface area contributed by atoms with Gasteiger partial charge in [0.15, 0.2) is 0 Å². The van der Waals surface area contributed by atoms with Crippen molar-refractivity contribution in [1.82, 2.24) is 9.21 Å². The molecule has 0 aromatic heterocycles. The van der Waals surface area contributed by atoms with Crippen LogP contribution in [0.3, 0.4) is 0 Å². The molecule has 2 aliphatic rings. The lowest BCUT2D eigenvalue weighted by atomic mass is 10.1. The first-order valence-corrected chi connectivity index (χ1v) is 9.93. The van der Waals surface area contributed by atoms with Gasteiger partial charge in [0.05, 0.1) is 24.7 Å². The normalized spacial score (nSPS) is 21.7. The summed E-state index contributed by atoms with van der Waals surface area (Å²) in [5, 5.41) is 0. The van der Waals surface area contributed by atoms with Gasteiger partial charge in [0.25, 0.3) is 5.91 Å². The second kappa shape index (κ2) is 7.82. The van der Waals surface area contributed by atoms with Gasteiger partial charge in [0.1, 0.15) is 0 Å². The summed E-state index contributed by atoms with van der Waals surface area (Å²) in [4.78, 5) is 14.4. The summed E-state index contributed by atoms with van der Waals surface area (Å²) in [7, 11) is -2.06. The van der Waals surface area contributed by atoms with E-state index in [4.69, 9.17) is 9.47 Å². The minimum Gasteiger partial charge on any atom is -0.381 e. The minimum absolute atomic E-state index is 0.146. The molecule has 0 saturated carbocycles. The molecule has 2 fully saturated rings. The quantitative estimate of drug-likeness (QED) is 0.769. The molecule has 0 spiro atoms. The third-order valence-electron chi connectivity index (χ3n) is 4.63. The van der Waals surface area contributed by atoms with Crippen molar-refractivity contribution in [3.8, 4) is 0 Å². The number of sulfonamides is 1. The molecule has 3 rings (SSSR count).